The molecule has 2 nitrogen and oxygen atoms in total. The molecule has 1 aliphatic rings. The lowest BCUT2D eigenvalue weighted by Gasteiger charge is -1.84. The van der Waals surface area contributed by atoms with Crippen LogP contribution in [-0.2, 0) is 4.79 Å². The zero-order valence-corrected chi connectivity index (χ0v) is 4.13. The maximum Gasteiger partial charge on any atom is 0.228 e. The SMILES string of the molecule is O=C[N]CC1CC1. The average Bonchev–Trinajstić information content (AvgIpc) is 2.42. The van der Waals surface area contributed by atoms with E-state index in [2.05, 4.69) is 5.32 Å². The Hall–Kier alpha value is -0.530. The zero-order chi connectivity index (χ0) is 5.11. The summed E-state index contributed by atoms with van der Waals surface area (Å²) in [4.78, 5) is 9.57. The lowest BCUT2D eigenvalue weighted by molar-refractivity contribution is -0.109. The Morgan fingerprint density at radius 2 is 2.43 bits per heavy atom. The van der Waals surface area contributed by atoms with E-state index in [1.165, 1.54) is 12.8 Å². The number of amides is 1. The first-order valence-electron chi connectivity index (χ1n) is 2.53. The summed E-state index contributed by atoms with van der Waals surface area (Å²) in [6, 6.07) is 0. The number of hydrogen-bond acceptors (Lipinski definition) is 1. The van der Waals surface area contributed by atoms with Crippen LogP contribution in [0.25, 0.3) is 0 Å². The highest BCUT2D eigenvalue weighted by Crippen LogP contribution is 2.27. The highest BCUT2D eigenvalue weighted by molar-refractivity contribution is 5.45. The topological polar surface area (TPSA) is 31.2 Å². The van der Waals surface area contributed by atoms with E-state index in [0.29, 0.717) is 6.41 Å². The number of hydrogen-bond donors (Lipinski definition) is 0. The molecule has 0 aromatic carbocycles. The van der Waals surface area contributed by atoms with Gasteiger partial charge in [-0.25, -0.2) is 0 Å². The molecule has 39 valence electrons. The molecular weight excluding hydrogens is 90.1 g/mol. The maximum atomic E-state index is 9.57. The second-order valence-corrected chi connectivity index (χ2v) is 1.91. The maximum absolute atomic E-state index is 9.57. The van der Waals surface area contributed by atoms with E-state index in [-0.39, 0.29) is 0 Å². The fourth-order valence-electron chi connectivity index (χ4n) is 0.493. The molecule has 1 saturated carbocycles. The second-order valence-electron chi connectivity index (χ2n) is 1.91. The van der Waals surface area contributed by atoms with Crippen LogP contribution in [0, 0.1) is 5.92 Å². The van der Waals surface area contributed by atoms with Gasteiger partial charge >= 0.3 is 0 Å². The molecule has 1 radical (unpaired) electrons. The smallest absolute Gasteiger partial charge is 0.228 e. The molecule has 0 N–H and O–H groups in total. The quantitative estimate of drug-likeness (QED) is 0.462. The normalized spacial score (nSPS) is 18.9. The van der Waals surface area contributed by atoms with Crippen molar-refractivity contribution in [1.29, 1.82) is 0 Å². The van der Waals surface area contributed by atoms with Crippen molar-refractivity contribution in [3.8, 4) is 0 Å². The average molecular weight is 98.1 g/mol. The molecule has 0 aromatic heterocycles. The first-order chi connectivity index (χ1) is 3.43. The third-order valence-electron chi connectivity index (χ3n) is 1.14. The largest absolute Gasteiger partial charge is 0.277 e. The summed E-state index contributed by atoms with van der Waals surface area (Å²) >= 11 is 0. The molecule has 1 fully saturated rings. The Kier molecular flexibility index (Phi) is 1.29. The van der Waals surface area contributed by atoms with Gasteiger partial charge in [-0.1, -0.05) is 0 Å². The first-order valence-corrected chi connectivity index (χ1v) is 2.53. The Balaban J connectivity index is 1.88. The summed E-state index contributed by atoms with van der Waals surface area (Å²) in [6.45, 7) is 0.767. The minimum Gasteiger partial charge on any atom is -0.277 e. The summed E-state index contributed by atoms with van der Waals surface area (Å²) in [5.74, 6) is 0.755. The number of carbonyl (C=O) groups excluding carboxylic acids is 1. The molecule has 1 amide bonds. The third kappa shape index (κ3) is 1.57. The van der Waals surface area contributed by atoms with E-state index in [1.54, 1.807) is 0 Å². The van der Waals surface area contributed by atoms with Gasteiger partial charge in [0, 0.05) is 6.54 Å². The van der Waals surface area contributed by atoms with Crippen LogP contribution in [-0.4, -0.2) is 13.0 Å². The van der Waals surface area contributed by atoms with Crippen LogP contribution in [0.3, 0.4) is 0 Å². The van der Waals surface area contributed by atoms with Crippen LogP contribution in [0.5, 0.6) is 0 Å². The predicted octanol–water partition coefficient (Wildman–Crippen LogP) is 0.157. The van der Waals surface area contributed by atoms with E-state index in [4.69, 9.17) is 0 Å². The lowest BCUT2D eigenvalue weighted by atomic mass is 10.4. The lowest BCUT2D eigenvalue weighted by Crippen LogP contribution is -2.04. The van der Waals surface area contributed by atoms with Crippen molar-refractivity contribution in [3.05, 3.63) is 0 Å². The molecule has 0 spiro atoms. The van der Waals surface area contributed by atoms with E-state index >= 15 is 0 Å². The fourth-order valence-corrected chi connectivity index (χ4v) is 0.493. The van der Waals surface area contributed by atoms with Crippen molar-refractivity contribution in [2.24, 2.45) is 5.92 Å². The predicted molar refractivity (Wildman–Crippen MR) is 25.8 cm³/mol. The van der Waals surface area contributed by atoms with Crippen LogP contribution in [0.15, 0.2) is 0 Å². The van der Waals surface area contributed by atoms with Crippen molar-refractivity contribution < 1.29 is 4.79 Å². The molecule has 1 aliphatic carbocycles. The van der Waals surface area contributed by atoms with Crippen LogP contribution >= 0.6 is 0 Å². The molecule has 0 atom stereocenters. The van der Waals surface area contributed by atoms with Crippen LogP contribution in [0.2, 0.25) is 0 Å². The van der Waals surface area contributed by atoms with E-state index < -0.39 is 0 Å². The van der Waals surface area contributed by atoms with Gasteiger partial charge in [0.1, 0.15) is 0 Å². The molecule has 2 heteroatoms. The van der Waals surface area contributed by atoms with Crippen LogP contribution in [0.4, 0.5) is 0 Å². The second kappa shape index (κ2) is 1.96. The summed E-state index contributed by atoms with van der Waals surface area (Å²) in [7, 11) is 0. The summed E-state index contributed by atoms with van der Waals surface area (Å²) < 4.78 is 0. The molecule has 0 heterocycles. The number of nitrogens with zero attached hydrogens (tertiary/aromatic N) is 1. The monoisotopic (exact) mass is 98.1 g/mol. The Bertz CT molecular complexity index is 68.5. The van der Waals surface area contributed by atoms with Gasteiger partial charge in [0.25, 0.3) is 0 Å². The third-order valence-corrected chi connectivity index (χ3v) is 1.14. The highest BCUT2D eigenvalue weighted by atomic mass is 16.1. The molecule has 0 unspecified atom stereocenters. The number of rotatable bonds is 3. The molecule has 1 rings (SSSR count). The molecule has 0 bridgehead atoms. The molecule has 7 heavy (non-hydrogen) atoms. The van der Waals surface area contributed by atoms with Gasteiger partial charge in [0.15, 0.2) is 0 Å². The van der Waals surface area contributed by atoms with Crippen molar-refractivity contribution in [1.82, 2.24) is 5.32 Å². The minimum absolute atomic E-state index is 0.637. The van der Waals surface area contributed by atoms with E-state index in [0.717, 1.165) is 12.5 Å². The van der Waals surface area contributed by atoms with Crippen LogP contribution in [0.1, 0.15) is 12.8 Å². The Morgan fingerprint density at radius 3 is 2.86 bits per heavy atom. The van der Waals surface area contributed by atoms with Gasteiger partial charge in [-0.3, -0.25) is 10.1 Å². The van der Waals surface area contributed by atoms with Crippen molar-refractivity contribution >= 4 is 6.41 Å². The Labute approximate surface area is 42.9 Å². The Morgan fingerprint density at radius 1 is 1.71 bits per heavy atom. The van der Waals surface area contributed by atoms with Gasteiger partial charge in [0.2, 0.25) is 6.41 Å². The van der Waals surface area contributed by atoms with Gasteiger partial charge < -0.3 is 0 Å². The van der Waals surface area contributed by atoms with Gasteiger partial charge in [-0.15, -0.1) is 0 Å². The summed E-state index contributed by atoms with van der Waals surface area (Å²) in [6.07, 6.45) is 3.19. The van der Waals surface area contributed by atoms with Gasteiger partial charge in [0.05, 0.1) is 0 Å². The van der Waals surface area contributed by atoms with Crippen LogP contribution < -0.4 is 5.32 Å². The molecular formula is C5H8NO. The molecule has 0 saturated heterocycles. The minimum atomic E-state index is 0.637. The fraction of sp³-hybridized carbons (Fsp3) is 0.800. The summed E-state index contributed by atoms with van der Waals surface area (Å²) in [5, 5.41) is 3.55. The van der Waals surface area contributed by atoms with E-state index in [1.807, 2.05) is 0 Å². The zero-order valence-electron chi connectivity index (χ0n) is 4.13. The van der Waals surface area contributed by atoms with Crippen molar-refractivity contribution in [3.63, 3.8) is 0 Å². The molecule has 0 aromatic rings. The highest BCUT2D eigenvalue weighted by Gasteiger charge is 2.20. The molecule has 0 aliphatic heterocycles. The standard InChI is InChI=1S/C5H8NO/c7-4-6-3-5-1-2-5/h4-5H,1-3H2. The van der Waals surface area contributed by atoms with Crippen molar-refractivity contribution in [2.45, 2.75) is 12.8 Å². The first kappa shape index (κ1) is 4.62. The van der Waals surface area contributed by atoms with Gasteiger partial charge in [-0.2, -0.15) is 0 Å². The van der Waals surface area contributed by atoms with E-state index in [9.17, 15) is 4.79 Å². The van der Waals surface area contributed by atoms with Gasteiger partial charge in [-0.05, 0) is 18.8 Å². The summed E-state index contributed by atoms with van der Waals surface area (Å²) in [5.41, 5.74) is 0. The van der Waals surface area contributed by atoms with Crippen molar-refractivity contribution in [2.75, 3.05) is 6.54 Å². The number of carbonyl (C=O) groups is 1.